The summed E-state index contributed by atoms with van der Waals surface area (Å²) < 4.78 is 10.8. The number of methoxy groups -OCH3 is 2. The van der Waals surface area contributed by atoms with E-state index in [9.17, 15) is 4.79 Å². The van der Waals surface area contributed by atoms with Crippen molar-refractivity contribution >= 4 is 5.78 Å². The van der Waals surface area contributed by atoms with Crippen molar-refractivity contribution in [3.05, 3.63) is 65.7 Å². The predicted octanol–water partition coefficient (Wildman–Crippen LogP) is 3.66. The molecule has 1 atom stereocenters. The summed E-state index contributed by atoms with van der Waals surface area (Å²) in [4.78, 5) is 12.3. The molecule has 2 aromatic carbocycles. The van der Waals surface area contributed by atoms with E-state index in [1.54, 1.807) is 14.2 Å². The summed E-state index contributed by atoms with van der Waals surface area (Å²) in [6.07, 6.45) is -0.0141. The van der Waals surface area contributed by atoms with Crippen molar-refractivity contribution in [2.24, 2.45) is 0 Å². The second-order valence-electron chi connectivity index (χ2n) is 4.46. The maximum atomic E-state index is 12.3. The first kappa shape index (κ1) is 14.3. The molecule has 0 aliphatic heterocycles. The molecule has 2 rings (SSSR count). The fourth-order valence-corrected chi connectivity index (χ4v) is 2.16. The topological polar surface area (TPSA) is 35.5 Å². The van der Waals surface area contributed by atoms with Gasteiger partial charge in [-0.3, -0.25) is 4.79 Å². The third kappa shape index (κ3) is 3.25. The number of hydrogen-bond donors (Lipinski definition) is 0. The zero-order chi connectivity index (χ0) is 14.4. The Hall–Kier alpha value is -2.13. The minimum atomic E-state index is -0.307. The molecule has 3 nitrogen and oxygen atoms in total. The van der Waals surface area contributed by atoms with Crippen LogP contribution in [0.4, 0.5) is 0 Å². The summed E-state index contributed by atoms with van der Waals surface area (Å²) in [5.74, 6) is 0.795. The van der Waals surface area contributed by atoms with Gasteiger partial charge in [-0.1, -0.05) is 48.5 Å². The van der Waals surface area contributed by atoms with E-state index in [-0.39, 0.29) is 11.9 Å². The van der Waals surface area contributed by atoms with Gasteiger partial charge in [0, 0.05) is 24.7 Å². The SMILES string of the molecule is COc1ccccc1[C@H](CC(=O)c1ccccc1)OC. The van der Waals surface area contributed by atoms with Gasteiger partial charge in [0.2, 0.25) is 0 Å². The van der Waals surface area contributed by atoms with Crippen LogP contribution in [0.5, 0.6) is 5.75 Å². The molecule has 0 saturated carbocycles. The molecular weight excluding hydrogens is 252 g/mol. The van der Waals surface area contributed by atoms with Crippen molar-refractivity contribution in [2.75, 3.05) is 14.2 Å². The number of rotatable bonds is 6. The molecule has 104 valence electrons. The highest BCUT2D eigenvalue weighted by Gasteiger charge is 2.19. The smallest absolute Gasteiger partial charge is 0.165 e. The molecule has 0 unspecified atom stereocenters. The van der Waals surface area contributed by atoms with Gasteiger partial charge in [-0.2, -0.15) is 0 Å². The standard InChI is InChI=1S/C17H18O3/c1-19-16-11-7-6-10-14(16)17(20-2)12-15(18)13-8-4-3-5-9-13/h3-11,17H,12H2,1-2H3/t17-/m0/s1. The number of benzene rings is 2. The maximum Gasteiger partial charge on any atom is 0.165 e. The highest BCUT2D eigenvalue weighted by atomic mass is 16.5. The van der Waals surface area contributed by atoms with Gasteiger partial charge in [-0.25, -0.2) is 0 Å². The van der Waals surface area contributed by atoms with Crippen molar-refractivity contribution in [3.8, 4) is 5.75 Å². The number of para-hydroxylation sites is 1. The van der Waals surface area contributed by atoms with Crippen molar-refractivity contribution in [1.29, 1.82) is 0 Å². The van der Waals surface area contributed by atoms with Crippen molar-refractivity contribution < 1.29 is 14.3 Å². The zero-order valence-corrected chi connectivity index (χ0v) is 11.7. The van der Waals surface area contributed by atoms with Crippen LogP contribution in [0.15, 0.2) is 54.6 Å². The van der Waals surface area contributed by atoms with E-state index in [4.69, 9.17) is 9.47 Å². The Kier molecular flexibility index (Phi) is 4.91. The summed E-state index contributed by atoms with van der Waals surface area (Å²) in [5.41, 5.74) is 1.59. The number of carbonyl (C=O) groups excluding carboxylic acids is 1. The Morgan fingerprint density at radius 2 is 1.65 bits per heavy atom. The van der Waals surface area contributed by atoms with Gasteiger partial charge in [-0.15, -0.1) is 0 Å². The van der Waals surface area contributed by atoms with E-state index in [0.29, 0.717) is 12.0 Å². The Bertz CT molecular complexity index is 563. The Labute approximate surface area is 119 Å². The van der Waals surface area contributed by atoms with Crippen LogP contribution in [-0.4, -0.2) is 20.0 Å². The summed E-state index contributed by atoms with van der Waals surface area (Å²) in [5, 5.41) is 0. The molecule has 0 aromatic heterocycles. The lowest BCUT2D eigenvalue weighted by Crippen LogP contribution is -2.10. The normalized spacial score (nSPS) is 11.9. The fourth-order valence-electron chi connectivity index (χ4n) is 2.16. The van der Waals surface area contributed by atoms with Crippen molar-refractivity contribution in [3.63, 3.8) is 0 Å². The minimum Gasteiger partial charge on any atom is -0.496 e. The molecule has 0 aliphatic carbocycles. The number of Topliss-reactive ketones (excluding diaryl/α,β-unsaturated/α-hetero) is 1. The van der Waals surface area contributed by atoms with Crippen LogP contribution in [-0.2, 0) is 4.74 Å². The van der Waals surface area contributed by atoms with Gasteiger partial charge in [0.05, 0.1) is 13.2 Å². The summed E-state index contributed by atoms with van der Waals surface area (Å²) in [6, 6.07) is 16.8. The van der Waals surface area contributed by atoms with Crippen LogP contribution in [0.1, 0.15) is 28.4 Å². The van der Waals surface area contributed by atoms with E-state index in [2.05, 4.69) is 0 Å². The fraction of sp³-hybridized carbons (Fsp3) is 0.235. The quantitative estimate of drug-likeness (QED) is 0.751. The molecular formula is C17H18O3. The lowest BCUT2D eigenvalue weighted by molar-refractivity contribution is 0.0721. The Morgan fingerprint density at radius 1 is 1.00 bits per heavy atom. The molecule has 0 saturated heterocycles. The molecule has 2 aromatic rings. The third-order valence-corrected chi connectivity index (χ3v) is 3.24. The van der Waals surface area contributed by atoms with Gasteiger partial charge in [0.25, 0.3) is 0 Å². The predicted molar refractivity (Wildman–Crippen MR) is 78.1 cm³/mol. The van der Waals surface area contributed by atoms with Crippen LogP contribution < -0.4 is 4.74 Å². The summed E-state index contributed by atoms with van der Waals surface area (Å²) in [6.45, 7) is 0. The average molecular weight is 270 g/mol. The summed E-state index contributed by atoms with van der Waals surface area (Å²) in [7, 11) is 3.22. The lowest BCUT2D eigenvalue weighted by atomic mass is 9.99. The van der Waals surface area contributed by atoms with Crippen LogP contribution in [0.2, 0.25) is 0 Å². The molecule has 0 N–H and O–H groups in total. The lowest BCUT2D eigenvalue weighted by Gasteiger charge is -2.17. The van der Waals surface area contributed by atoms with Crippen molar-refractivity contribution in [2.45, 2.75) is 12.5 Å². The van der Waals surface area contributed by atoms with Crippen LogP contribution in [0, 0.1) is 0 Å². The zero-order valence-electron chi connectivity index (χ0n) is 11.7. The largest absolute Gasteiger partial charge is 0.496 e. The Morgan fingerprint density at radius 3 is 2.30 bits per heavy atom. The highest BCUT2D eigenvalue weighted by molar-refractivity contribution is 5.96. The van der Waals surface area contributed by atoms with E-state index >= 15 is 0 Å². The molecule has 0 spiro atoms. The minimum absolute atomic E-state index is 0.0587. The maximum absolute atomic E-state index is 12.3. The van der Waals surface area contributed by atoms with Gasteiger partial charge >= 0.3 is 0 Å². The second kappa shape index (κ2) is 6.87. The second-order valence-corrected chi connectivity index (χ2v) is 4.46. The molecule has 20 heavy (non-hydrogen) atoms. The first-order valence-electron chi connectivity index (χ1n) is 6.50. The summed E-state index contributed by atoms with van der Waals surface area (Å²) >= 11 is 0. The first-order chi connectivity index (χ1) is 9.76. The van der Waals surface area contributed by atoms with Gasteiger partial charge in [0.1, 0.15) is 5.75 Å². The van der Waals surface area contributed by atoms with E-state index in [1.165, 1.54) is 0 Å². The number of ketones is 1. The van der Waals surface area contributed by atoms with Crippen LogP contribution in [0.25, 0.3) is 0 Å². The number of hydrogen-bond acceptors (Lipinski definition) is 3. The molecule has 0 fully saturated rings. The first-order valence-corrected chi connectivity index (χ1v) is 6.50. The molecule has 3 heteroatoms. The van der Waals surface area contributed by atoms with Crippen LogP contribution >= 0.6 is 0 Å². The monoisotopic (exact) mass is 270 g/mol. The van der Waals surface area contributed by atoms with E-state index in [1.807, 2.05) is 54.6 Å². The van der Waals surface area contributed by atoms with E-state index < -0.39 is 0 Å². The average Bonchev–Trinajstić information content (AvgIpc) is 2.53. The van der Waals surface area contributed by atoms with Crippen LogP contribution in [0.3, 0.4) is 0 Å². The molecule has 0 heterocycles. The van der Waals surface area contributed by atoms with Gasteiger partial charge < -0.3 is 9.47 Å². The molecule has 0 bridgehead atoms. The Balaban J connectivity index is 2.19. The number of carbonyl (C=O) groups is 1. The number of ether oxygens (including phenoxy) is 2. The molecule has 0 radical (unpaired) electrons. The van der Waals surface area contributed by atoms with Crippen molar-refractivity contribution in [1.82, 2.24) is 0 Å². The third-order valence-electron chi connectivity index (χ3n) is 3.24. The van der Waals surface area contributed by atoms with Gasteiger partial charge in [-0.05, 0) is 6.07 Å². The molecule has 0 amide bonds. The van der Waals surface area contributed by atoms with E-state index in [0.717, 1.165) is 11.3 Å². The van der Waals surface area contributed by atoms with Gasteiger partial charge in [0.15, 0.2) is 5.78 Å². The molecule has 0 aliphatic rings. The highest BCUT2D eigenvalue weighted by Crippen LogP contribution is 2.30.